The van der Waals surface area contributed by atoms with Crippen LogP contribution in [0.25, 0.3) is 0 Å². The van der Waals surface area contributed by atoms with Gasteiger partial charge in [0.1, 0.15) is 0 Å². The number of hydrogen-bond donors (Lipinski definition) is 2. The maximum atomic E-state index is 5.87. The first kappa shape index (κ1) is 12.4. The molecular formula is C13H15ClN2S. The van der Waals surface area contributed by atoms with Gasteiger partial charge < -0.3 is 11.1 Å². The highest BCUT2D eigenvalue weighted by Crippen LogP contribution is 2.21. The second-order valence-corrected chi connectivity index (χ2v) is 5.67. The first-order chi connectivity index (χ1) is 8.24. The lowest BCUT2D eigenvalue weighted by Crippen LogP contribution is -2.16. The van der Waals surface area contributed by atoms with Crippen LogP contribution >= 0.6 is 22.9 Å². The Bertz CT molecular complexity index is 465. The van der Waals surface area contributed by atoms with Gasteiger partial charge in [0.25, 0.3) is 0 Å². The van der Waals surface area contributed by atoms with Gasteiger partial charge in [-0.1, -0.05) is 23.7 Å². The van der Waals surface area contributed by atoms with Crippen LogP contribution in [-0.2, 0) is 13.0 Å². The first-order valence-electron chi connectivity index (χ1n) is 5.53. The molecule has 0 fully saturated rings. The minimum Gasteiger partial charge on any atom is -0.399 e. The molecule has 2 rings (SSSR count). The molecule has 17 heavy (non-hydrogen) atoms. The maximum Gasteiger partial charge on any atom is 0.0931 e. The van der Waals surface area contributed by atoms with Crippen LogP contribution in [0.5, 0.6) is 0 Å². The third kappa shape index (κ3) is 4.04. The summed E-state index contributed by atoms with van der Waals surface area (Å²) in [5.74, 6) is 0. The minimum atomic E-state index is 0.807. The Labute approximate surface area is 110 Å². The predicted molar refractivity (Wildman–Crippen MR) is 75.6 cm³/mol. The van der Waals surface area contributed by atoms with Crippen LogP contribution in [0.1, 0.15) is 10.4 Å². The lowest BCUT2D eigenvalue weighted by molar-refractivity contribution is 0.691. The third-order valence-electron chi connectivity index (χ3n) is 2.49. The number of halogens is 1. The number of thiophene rings is 1. The van der Waals surface area contributed by atoms with Crippen LogP contribution in [0.3, 0.4) is 0 Å². The molecule has 4 heteroatoms. The molecule has 0 radical (unpaired) electrons. The van der Waals surface area contributed by atoms with Crippen LogP contribution in [-0.4, -0.2) is 6.54 Å². The van der Waals surface area contributed by atoms with Crippen molar-refractivity contribution in [2.75, 3.05) is 12.3 Å². The Balaban J connectivity index is 1.71. The topological polar surface area (TPSA) is 38.0 Å². The number of rotatable bonds is 5. The monoisotopic (exact) mass is 266 g/mol. The quantitative estimate of drug-likeness (QED) is 0.644. The minimum absolute atomic E-state index is 0.807. The van der Waals surface area contributed by atoms with E-state index >= 15 is 0 Å². The van der Waals surface area contributed by atoms with E-state index in [1.165, 1.54) is 10.4 Å². The molecule has 0 spiro atoms. The predicted octanol–water partition coefficient (Wildman–Crippen LogP) is 3.32. The molecule has 0 amide bonds. The van der Waals surface area contributed by atoms with E-state index in [0.29, 0.717) is 0 Å². The summed E-state index contributed by atoms with van der Waals surface area (Å²) in [4.78, 5) is 1.32. The molecular weight excluding hydrogens is 252 g/mol. The van der Waals surface area contributed by atoms with Crippen molar-refractivity contribution in [3.05, 3.63) is 51.2 Å². The van der Waals surface area contributed by atoms with Crippen molar-refractivity contribution in [1.29, 1.82) is 0 Å². The molecule has 0 aliphatic carbocycles. The second-order valence-electron chi connectivity index (χ2n) is 3.87. The average Bonchev–Trinajstić information content (AvgIpc) is 2.73. The molecule has 1 aromatic carbocycles. The summed E-state index contributed by atoms with van der Waals surface area (Å²) >= 11 is 7.52. The third-order valence-corrected chi connectivity index (χ3v) is 3.78. The van der Waals surface area contributed by atoms with Crippen molar-refractivity contribution >= 4 is 28.6 Å². The Hall–Kier alpha value is -1.03. The van der Waals surface area contributed by atoms with Crippen LogP contribution in [0.2, 0.25) is 4.34 Å². The molecule has 90 valence electrons. The number of nitrogens with two attached hydrogens (primary N) is 1. The molecule has 0 saturated carbocycles. The van der Waals surface area contributed by atoms with Crippen molar-refractivity contribution in [3.63, 3.8) is 0 Å². The Morgan fingerprint density at radius 1 is 1.12 bits per heavy atom. The molecule has 1 heterocycles. The van der Waals surface area contributed by atoms with Gasteiger partial charge in [-0.3, -0.25) is 0 Å². The van der Waals surface area contributed by atoms with Gasteiger partial charge >= 0.3 is 0 Å². The van der Waals surface area contributed by atoms with Gasteiger partial charge in [-0.25, -0.2) is 0 Å². The summed E-state index contributed by atoms with van der Waals surface area (Å²) in [6.45, 7) is 1.83. The molecule has 0 saturated heterocycles. The summed E-state index contributed by atoms with van der Waals surface area (Å²) in [6.07, 6.45) is 1.02. The van der Waals surface area contributed by atoms with E-state index in [9.17, 15) is 0 Å². The molecule has 0 atom stereocenters. The molecule has 0 bridgehead atoms. The Morgan fingerprint density at radius 3 is 2.53 bits per heavy atom. The van der Waals surface area contributed by atoms with Crippen molar-refractivity contribution in [2.24, 2.45) is 0 Å². The van der Waals surface area contributed by atoms with Crippen LogP contribution in [0.4, 0.5) is 5.69 Å². The fourth-order valence-corrected chi connectivity index (χ4v) is 2.65. The van der Waals surface area contributed by atoms with Gasteiger partial charge in [-0.15, -0.1) is 11.3 Å². The van der Waals surface area contributed by atoms with Crippen LogP contribution in [0, 0.1) is 0 Å². The van der Waals surface area contributed by atoms with E-state index in [-0.39, 0.29) is 0 Å². The number of benzene rings is 1. The van der Waals surface area contributed by atoms with E-state index in [1.807, 2.05) is 30.3 Å². The molecule has 2 nitrogen and oxygen atoms in total. The standard InChI is InChI=1S/C13H15ClN2S/c14-13-6-5-12(17-13)7-8-16-9-10-1-3-11(15)4-2-10/h1-6,16H,7-9,15H2. The zero-order chi connectivity index (χ0) is 12.1. The Morgan fingerprint density at radius 2 is 1.88 bits per heavy atom. The van der Waals surface area contributed by atoms with E-state index in [1.54, 1.807) is 11.3 Å². The molecule has 2 aromatic rings. The SMILES string of the molecule is Nc1ccc(CNCCc2ccc(Cl)s2)cc1. The summed E-state index contributed by atoms with van der Waals surface area (Å²) < 4.78 is 0.860. The first-order valence-corrected chi connectivity index (χ1v) is 6.73. The van der Waals surface area contributed by atoms with E-state index in [0.717, 1.165) is 29.5 Å². The van der Waals surface area contributed by atoms with Gasteiger partial charge in [-0.2, -0.15) is 0 Å². The van der Waals surface area contributed by atoms with Crippen LogP contribution in [0.15, 0.2) is 36.4 Å². The molecule has 0 aliphatic heterocycles. The lowest BCUT2D eigenvalue weighted by atomic mass is 10.2. The zero-order valence-corrected chi connectivity index (χ0v) is 11.0. The fraction of sp³-hybridized carbons (Fsp3) is 0.231. The average molecular weight is 267 g/mol. The molecule has 3 N–H and O–H groups in total. The van der Waals surface area contributed by atoms with Crippen molar-refractivity contribution < 1.29 is 0 Å². The number of anilines is 1. The summed E-state index contributed by atoms with van der Waals surface area (Å²) in [7, 11) is 0. The zero-order valence-electron chi connectivity index (χ0n) is 9.45. The Kier molecular flexibility index (Phi) is 4.42. The highest BCUT2D eigenvalue weighted by molar-refractivity contribution is 7.16. The van der Waals surface area contributed by atoms with Crippen molar-refractivity contribution in [3.8, 4) is 0 Å². The fourth-order valence-electron chi connectivity index (χ4n) is 1.57. The lowest BCUT2D eigenvalue weighted by Gasteiger charge is -2.04. The van der Waals surface area contributed by atoms with Gasteiger partial charge in [0.05, 0.1) is 4.34 Å². The van der Waals surface area contributed by atoms with E-state index in [4.69, 9.17) is 17.3 Å². The summed E-state index contributed by atoms with van der Waals surface area (Å²) in [6, 6.07) is 12.0. The van der Waals surface area contributed by atoms with Crippen LogP contribution < -0.4 is 11.1 Å². The van der Waals surface area contributed by atoms with Crippen molar-refractivity contribution in [2.45, 2.75) is 13.0 Å². The highest BCUT2D eigenvalue weighted by atomic mass is 35.5. The number of nitrogen functional groups attached to an aromatic ring is 1. The van der Waals surface area contributed by atoms with Gasteiger partial charge in [0, 0.05) is 23.7 Å². The summed E-state index contributed by atoms with van der Waals surface area (Å²) in [5.41, 5.74) is 7.69. The normalized spacial score (nSPS) is 10.6. The van der Waals surface area contributed by atoms with Gasteiger partial charge in [0.15, 0.2) is 0 Å². The molecule has 0 aliphatic rings. The van der Waals surface area contributed by atoms with Crippen molar-refractivity contribution in [1.82, 2.24) is 5.32 Å². The second kappa shape index (κ2) is 6.05. The largest absolute Gasteiger partial charge is 0.399 e. The smallest absolute Gasteiger partial charge is 0.0931 e. The molecule has 0 unspecified atom stereocenters. The molecule has 1 aromatic heterocycles. The summed E-state index contributed by atoms with van der Waals surface area (Å²) in [5, 5.41) is 3.40. The number of nitrogens with one attached hydrogen (secondary N) is 1. The van der Waals surface area contributed by atoms with E-state index < -0.39 is 0 Å². The maximum absolute atomic E-state index is 5.87. The van der Waals surface area contributed by atoms with Gasteiger partial charge in [0.2, 0.25) is 0 Å². The highest BCUT2D eigenvalue weighted by Gasteiger charge is 1.97. The van der Waals surface area contributed by atoms with Gasteiger partial charge in [-0.05, 0) is 36.2 Å². The van der Waals surface area contributed by atoms with E-state index in [2.05, 4.69) is 11.4 Å². The number of hydrogen-bond acceptors (Lipinski definition) is 3.